The molecule has 1 saturated heterocycles. The summed E-state index contributed by atoms with van der Waals surface area (Å²) in [6.45, 7) is 0.470. The fourth-order valence-corrected chi connectivity index (χ4v) is 5.26. The Balaban J connectivity index is 1.56. The lowest BCUT2D eigenvalue weighted by Gasteiger charge is -2.32. The summed E-state index contributed by atoms with van der Waals surface area (Å²) >= 11 is 0. The van der Waals surface area contributed by atoms with Gasteiger partial charge in [0.2, 0.25) is 0 Å². The summed E-state index contributed by atoms with van der Waals surface area (Å²) in [7, 11) is 0. The van der Waals surface area contributed by atoms with Crippen molar-refractivity contribution < 1.29 is 36.6 Å². The van der Waals surface area contributed by atoms with Crippen LogP contribution < -0.4 is 5.32 Å². The van der Waals surface area contributed by atoms with Crippen LogP contribution in [0.2, 0.25) is 0 Å². The molecular formula is C26H31F5N4O3. The van der Waals surface area contributed by atoms with Crippen molar-refractivity contribution >= 4 is 11.9 Å². The van der Waals surface area contributed by atoms with Crippen molar-refractivity contribution in [2.24, 2.45) is 0 Å². The molecule has 2 heterocycles. The van der Waals surface area contributed by atoms with Crippen molar-refractivity contribution in [2.45, 2.75) is 75.5 Å². The van der Waals surface area contributed by atoms with Crippen LogP contribution in [0, 0.1) is 0 Å². The van der Waals surface area contributed by atoms with E-state index >= 15 is 0 Å². The number of halogens is 5. The fraction of sp³-hybridized carbons (Fsp3) is 0.577. The molecule has 2 aromatic rings. The average Bonchev–Trinajstić information content (AvgIpc) is 3.54. The highest BCUT2D eigenvalue weighted by Crippen LogP contribution is 2.40. The van der Waals surface area contributed by atoms with E-state index in [1.165, 1.54) is 28.9 Å². The molecule has 4 rings (SSSR count). The Labute approximate surface area is 217 Å². The van der Waals surface area contributed by atoms with Crippen LogP contribution in [-0.4, -0.2) is 69.7 Å². The Morgan fingerprint density at radius 3 is 2.47 bits per heavy atom. The van der Waals surface area contributed by atoms with Gasteiger partial charge in [-0.25, -0.2) is 8.78 Å². The molecule has 12 heteroatoms. The van der Waals surface area contributed by atoms with Gasteiger partial charge in [-0.05, 0) is 37.8 Å². The minimum absolute atomic E-state index is 0.0396. The number of amides is 1. The molecule has 1 saturated carbocycles. The maximum absolute atomic E-state index is 13.8. The maximum atomic E-state index is 13.8. The number of carbonyl (C=O) groups excluding carboxylic acids is 1. The maximum Gasteiger partial charge on any atom is 0.417 e. The number of nitrogens with zero attached hydrogens (tertiary/aromatic N) is 3. The van der Waals surface area contributed by atoms with E-state index in [1.54, 1.807) is 4.90 Å². The molecule has 1 aliphatic heterocycles. The molecule has 1 aliphatic carbocycles. The summed E-state index contributed by atoms with van der Waals surface area (Å²) in [6.07, 6.45) is -4.71. The number of carboxylic acids is 1. The van der Waals surface area contributed by atoms with Crippen LogP contribution in [0.25, 0.3) is 11.3 Å². The van der Waals surface area contributed by atoms with Gasteiger partial charge in [0.05, 0.1) is 23.7 Å². The zero-order valence-electron chi connectivity index (χ0n) is 20.8. The molecule has 0 unspecified atom stereocenters. The largest absolute Gasteiger partial charge is 0.481 e. The molecule has 2 aliphatic rings. The summed E-state index contributed by atoms with van der Waals surface area (Å²) in [5.74, 6) is -1.86. The molecule has 2 fully saturated rings. The number of carbonyl (C=O) groups is 2. The van der Waals surface area contributed by atoms with E-state index in [0.717, 1.165) is 31.7 Å². The molecule has 0 radical (unpaired) electrons. The Morgan fingerprint density at radius 1 is 1.11 bits per heavy atom. The fourth-order valence-electron chi connectivity index (χ4n) is 5.26. The summed E-state index contributed by atoms with van der Waals surface area (Å²) < 4.78 is 70.0. The van der Waals surface area contributed by atoms with E-state index in [0.29, 0.717) is 6.54 Å². The third kappa shape index (κ3) is 6.69. The number of likely N-dealkylation sites (tertiary alicyclic amines) is 1. The van der Waals surface area contributed by atoms with Crippen molar-refractivity contribution in [1.82, 2.24) is 20.0 Å². The second-order valence-electron chi connectivity index (χ2n) is 10.0. The van der Waals surface area contributed by atoms with Crippen molar-refractivity contribution in [1.29, 1.82) is 0 Å². The Bertz CT molecular complexity index is 1130. The summed E-state index contributed by atoms with van der Waals surface area (Å²) in [5.41, 5.74) is -0.857. The number of rotatable bonds is 9. The number of carboxylic acid groups (broad SMARTS) is 1. The molecule has 0 bridgehead atoms. The molecule has 208 valence electrons. The van der Waals surface area contributed by atoms with Gasteiger partial charge in [-0.3, -0.25) is 14.3 Å². The molecule has 0 spiro atoms. The first kappa shape index (κ1) is 28.0. The number of alkyl halides is 5. The van der Waals surface area contributed by atoms with Crippen LogP contribution in [0.3, 0.4) is 0 Å². The average molecular weight is 543 g/mol. The highest BCUT2D eigenvalue weighted by molar-refractivity contribution is 5.94. The van der Waals surface area contributed by atoms with E-state index in [1.807, 2.05) is 0 Å². The first-order valence-corrected chi connectivity index (χ1v) is 12.8. The van der Waals surface area contributed by atoms with Gasteiger partial charge in [0, 0.05) is 31.2 Å². The number of hydrogen-bond acceptors (Lipinski definition) is 4. The van der Waals surface area contributed by atoms with Crippen LogP contribution in [0.5, 0.6) is 0 Å². The quantitative estimate of drug-likeness (QED) is 0.434. The normalized spacial score (nSPS) is 21.9. The summed E-state index contributed by atoms with van der Waals surface area (Å²) in [6, 6.07) is 5.45. The van der Waals surface area contributed by atoms with Crippen LogP contribution in [0.4, 0.5) is 22.0 Å². The predicted octanol–water partition coefficient (Wildman–Crippen LogP) is 5.03. The zero-order chi connectivity index (χ0) is 27.4. The van der Waals surface area contributed by atoms with Crippen molar-refractivity contribution in [3.63, 3.8) is 0 Å². The second kappa shape index (κ2) is 11.8. The first-order valence-electron chi connectivity index (χ1n) is 12.8. The third-order valence-electron chi connectivity index (χ3n) is 7.24. The SMILES string of the molecule is O=C(O)C[C@H](CCN1CC[C@@H](F)[C@@H](F)C1)NC(=O)c1cc(-c2ccccc2C(F)(F)F)n(C2CCCC2)n1. The number of benzene rings is 1. The van der Waals surface area contributed by atoms with E-state index < -0.39 is 48.4 Å². The number of aliphatic carboxylic acids is 1. The number of hydrogen-bond donors (Lipinski definition) is 2. The smallest absolute Gasteiger partial charge is 0.417 e. The number of nitrogens with one attached hydrogen (secondary N) is 1. The summed E-state index contributed by atoms with van der Waals surface area (Å²) in [5, 5.41) is 16.3. The lowest BCUT2D eigenvalue weighted by Crippen LogP contribution is -2.45. The van der Waals surface area contributed by atoms with E-state index in [9.17, 15) is 36.6 Å². The van der Waals surface area contributed by atoms with E-state index in [-0.39, 0.29) is 48.9 Å². The highest BCUT2D eigenvalue weighted by Gasteiger charge is 2.36. The molecule has 1 amide bonds. The molecule has 7 nitrogen and oxygen atoms in total. The third-order valence-corrected chi connectivity index (χ3v) is 7.24. The van der Waals surface area contributed by atoms with Crippen molar-refractivity contribution in [3.8, 4) is 11.3 Å². The topological polar surface area (TPSA) is 87.5 Å². The molecule has 3 atom stereocenters. The Hall–Kier alpha value is -3.02. The standard InChI is InChI=1S/C26H31F5N4O3/c27-20-10-12-34(15-21(20)28)11-9-16(13-24(36)37)32-25(38)22-14-23(35(33-22)17-5-1-2-6-17)18-7-3-4-8-19(18)26(29,30)31/h3-4,7-8,14,16-17,20-21H,1-2,5-6,9-13,15H2,(H,32,38)(H,36,37)/t16-,20+,21-/m0/s1. The molecule has 2 N–H and O–H groups in total. The first-order chi connectivity index (χ1) is 18.0. The van der Waals surface area contributed by atoms with Gasteiger partial charge in [0.25, 0.3) is 5.91 Å². The molecule has 1 aromatic heterocycles. The monoisotopic (exact) mass is 542 g/mol. The minimum Gasteiger partial charge on any atom is -0.481 e. The van der Waals surface area contributed by atoms with Crippen LogP contribution >= 0.6 is 0 Å². The van der Waals surface area contributed by atoms with E-state index in [4.69, 9.17) is 0 Å². The lowest BCUT2D eigenvalue weighted by molar-refractivity contribution is -0.138. The van der Waals surface area contributed by atoms with Gasteiger partial charge in [0.15, 0.2) is 5.69 Å². The Kier molecular flexibility index (Phi) is 8.69. The van der Waals surface area contributed by atoms with E-state index in [2.05, 4.69) is 10.4 Å². The van der Waals surface area contributed by atoms with Gasteiger partial charge < -0.3 is 15.3 Å². The van der Waals surface area contributed by atoms with Crippen LogP contribution in [0.1, 0.15) is 67.0 Å². The zero-order valence-corrected chi connectivity index (χ0v) is 20.8. The highest BCUT2D eigenvalue weighted by atomic mass is 19.4. The van der Waals surface area contributed by atoms with Gasteiger partial charge in [-0.2, -0.15) is 18.3 Å². The number of aromatic nitrogens is 2. The molecule has 38 heavy (non-hydrogen) atoms. The molecular weight excluding hydrogens is 511 g/mol. The van der Waals surface area contributed by atoms with Crippen molar-refractivity contribution in [2.75, 3.05) is 19.6 Å². The van der Waals surface area contributed by atoms with Gasteiger partial charge in [0.1, 0.15) is 12.3 Å². The van der Waals surface area contributed by atoms with Crippen molar-refractivity contribution in [3.05, 3.63) is 41.6 Å². The van der Waals surface area contributed by atoms with Gasteiger partial charge in [-0.15, -0.1) is 0 Å². The lowest BCUT2D eigenvalue weighted by atomic mass is 10.0. The van der Waals surface area contributed by atoms with Gasteiger partial charge in [-0.1, -0.05) is 31.0 Å². The minimum atomic E-state index is -4.61. The van der Waals surface area contributed by atoms with Crippen LogP contribution in [0.15, 0.2) is 30.3 Å². The Morgan fingerprint density at radius 2 is 1.82 bits per heavy atom. The van der Waals surface area contributed by atoms with Crippen LogP contribution in [-0.2, 0) is 11.0 Å². The van der Waals surface area contributed by atoms with Gasteiger partial charge >= 0.3 is 12.1 Å². The second-order valence-corrected chi connectivity index (χ2v) is 10.0. The molecule has 1 aromatic carbocycles. The predicted molar refractivity (Wildman–Crippen MR) is 129 cm³/mol. The number of piperidine rings is 1. The summed E-state index contributed by atoms with van der Waals surface area (Å²) in [4.78, 5) is 26.3.